The summed E-state index contributed by atoms with van der Waals surface area (Å²) in [6, 6.07) is 15.0. The number of likely N-dealkylation sites (tertiary alicyclic amines) is 1. The number of fused-ring (bicyclic) bond motifs is 1. The molecule has 0 bridgehead atoms. The average molecular weight is 407 g/mol. The Morgan fingerprint density at radius 1 is 1.17 bits per heavy atom. The zero-order valence-electron chi connectivity index (χ0n) is 18.1. The predicted octanol–water partition coefficient (Wildman–Crippen LogP) is 3.76. The molecule has 0 radical (unpaired) electrons. The van der Waals surface area contributed by atoms with Gasteiger partial charge >= 0.3 is 0 Å². The van der Waals surface area contributed by atoms with Crippen molar-refractivity contribution in [1.82, 2.24) is 15.2 Å². The molecular weight excluding hydrogens is 372 g/mol. The Balaban J connectivity index is 1.11. The minimum atomic E-state index is -0.0946. The monoisotopic (exact) mass is 406 g/mol. The molecule has 1 aromatic heterocycles. The van der Waals surface area contributed by atoms with Gasteiger partial charge in [-0.2, -0.15) is 0 Å². The summed E-state index contributed by atoms with van der Waals surface area (Å²) >= 11 is 0. The van der Waals surface area contributed by atoms with Crippen molar-refractivity contribution in [1.29, 1.82) is 0 Å². The molecule has 2 aromatic rings. The average Bonchev–Trinajstić information content (AvgIpc) is 2.74. The molecular formula is C25H34N4O. The van der Waals surface area contributed by atoms with Crippen molar-refractivity contribution >= 4 is 11.6 Å². The minimum absolute atomic E-state index is 0.0946. The summed E-state index contributed by atoms with van der Waals surface area (Å²) in [5.74, 6) is 1.33. The van der Waals surface area contributed by atoms with E-state index in [0.717, 1.165) is 50.4 Å². The third kappa shape index (κ3) is 5.27. The number of carbonyl (C=O) groups excluding carboxylic acids is 1. The van der Waals surface area contributed by atoms with E-state index in [2.05, 4.69) is 39.8 Å². The lowest BCUT2D eigenvalue weighted by atomic mass is 9.96. The van der Waals surface area contributed by atoms with Gasteiger partial charge in [0.05, 0.1) is 6.04 Å². The number of hydrogen-bond acceptors (Lipinski definition) is 5. The third-order valence-electron chi connectivity index (χ3n) is 6.27. The summed E-state index contributed by atoms with van der Waals surface area (Å²) in [6.07, 6.45) is 7.01. The third-order valence-corrected chi connectivity index (χ3v) is 6.27. The fraction of sp³-hybridized carbons (Fsp3) is 0.520. The Kier molecular flexibility index (Phi) is 7.13. The molecule has 2 N–H and O–H groups in total. The smallest absolute Gasteiger partial charge is 0.151 e. The van der Waals surface area contributed by atoms with Crippen LogP contribution in [-0.4, -0.2) is 47.9 Å². The van der Waals surface area contributed by atoms with E-state index in [0.29, 0.717) is 6.04 Å². The van der Waals surface area contributed by atoms with Crippen molar-refractivity contribution < 1.29 is 4.79 Å². The Labute approximate surface area is 180 Å². The van der Waals surface area contributed by atoms with E-state index in [1.54, 1.807) is 6.92 Å². The van der Waals surface area contributed by atoms with Gasteiger partial charge in [-0.1, -0.05) is 42.8 Å². The number of nitrogens with zero attached hydrogens (tertiary/aromatic N) is 2. The van der Waals surface area contributed by atoms with E-state index in [4.69, 9.17) is 4.98 Å². The first-order chi connectivity index (χ1) is 14.7. The molecule has 4 rings (SSSR count). The highest BCUT2D eigenvalue weighted by Gasteiger charge is 2.34. The maximum Gasteiger partial charge on any atom is 0.151 e. The van der Waals surface area contributed by atoms with Crippen LogP contribution in [0.15, 0.2) is 42.5 Å². The number of aryl methyl sites for hydroxylation is 2. The van der Waals surface area contributed by atoms with Gasteiger partial charge in [-0.3, -0.25) is 9.69 Å². The van der Waals surface area contributed by atoms with E-state index in [1.807, 2.05) is 18.2 Å². The molecule has 0 spiro atoms. The van der Waals surface area contributed by atoms with Crippen LogP contribution in [0.4, 0.5) is 5.82 Å². The zero-order valence-corrected chi connectivity index (χ0v) is 18.1. The lowest BCUT2D eigenvalue weighted by Crippen LogP contribution is -2.59. The van der Waals surface area contributed by atoms with Gasteiger partial charge in [-0.15, -0.1) is 0 Å². The number of hydrogen-bond donors (Lipinski definition) is 2. The van der Waals surface area contributed by atoms with Crippen molar-refractivity contribution in [3.63, 3.8) is 0 Å². The van der Waals surface area contributed by atoms with Crippen LogP contribution < -0.4 is 10.6 Å². The molecule has 5 heteroatoms. The first-order valence-electron chi connectivity index (χ1n) is 11.5. The number of Topliss-reactive ketones (excluding diaryl/α,β-unsaturated/α-hetero) is 1. The van der Waals surface area contributed by atoms with Crippen LogP contribution in [0.2, 0.25) is 0 Å². The van der Waals surface area contributed by atoms with Crippen LogP contribution in [0.5, 0.6) is 0 Å². The summed E-state index contributed by atoms with van der Waals surface area (Å²) < 4.78 is 0. The number of ketones is 1. The number of benzene rings is 1. The Bertz CT molecular complexity index is 832. The van der Waals surface area contributed by atoms with Gasteiger partial charge in [0.15, 0.2) is 5.78 Å². The number of nitrogens with one attached hydrogen (secondary N) is 2. The van der Waals surface area contributed by atoms with E-state index in [1.165, 1.54) is 36.9 Å². The number of unbranched alkanes of at least 4 members (excludes halogenated alkanes) is 2. The summed E-state index contributed by atoms with van der Waals surface area (Å²) in [6.45, 7) is 5.70. The molecule has 0 aliphatic carbocycles. The second kappa shape index (κ2) is 10.2. The molecule has 1 saturated heterocycles. The van der Waals surface area contributed by atoms with Crippen LogP contribution >= 0.6 is 0 Å². The molecule has 0 amide bonds. The zero-order chi connectivity index (χ0) is 20.8. The van der Waals surface area contributed by atoms with Gasteiger partial charge in [-0.05, 0) is 62.8 Å². The summed E-state index contributed by atoms with van der Waals surface area (Å²) in [5.41, 5.74) is 3.68. The largest absolute Gasteiger partial charge is 0.370 e. The van der Waals surface area contributed by atoms with E-state index in [-0.39, 0.29) is 11.8 Å². The minimum Gasteiger partial charge on any atom is -0.370 e. The fourth-order valence-corrected chi connectivity index (χ4v) is 4.61. The number of rotatable bonds is 10. The van der Waals surface area contributed by atoms with Gasteiger partial charge in [-0.25, -0.2) is 4.98 Å². The molecule has 1 aromatic carbocycles. The first kappa shape index (κ1) is 21.0. The van der Waals surface area contributed by atoms with Crippen molar-refractivity contribution in [3.05, 3.63) is 59.3 Å². The molecule has 1 atom stereocenters. The molecule has 160 valence electrons. The van der Waals surface area contributed by atoms with Crippen LogP contribution in [0.25, 0.3) is 0 Å². The van der Waals surface area contributed by atoms with E-state index < -0.39 is 0 Å². The quantitative estimate of drug-likeness (QED) is 0.589. The van der Waals surface area contributed by atoms with Crippen molar-refractivity contribution in [2.75, 3.05) is 31.5 Å². The van der Waals surface area contributed by atoms with Gasteiger partial charge in [0.1, 0.15) is 5.82 Å². The second-order valence-corrected chi connectivity index (χ2v) is 8.68. The topological polar surface area (TPSA) is 57.3 Å². The molecule has 5 nitrogen and oxygen atoms in total. The number of anilines is 1. The number of pyridine rings is 1. The Hall–Kier alpha value is -2.24. The molecule has 0 saturated carbocycles. The van der Waals surface area contributed by atoms with Gasteiger partial charge in [0.2, 0.25) is 0 Å². The maximum absolute atomic E-state index is 12.1. The highest BCUT2D eigenvalue weighted by Crippen LogP contribution is 2.26. The van der Waals surface area contributed by atoms with Crippen LogP contribution in [0.1, 0.15) is 55.5 Å². The molecule has 1 fully saturated rings. The molecule has 30 heavy (non-hydrogen) atoms. The van der Waals surface area contributed by atoms with Crippen LogP contribution in [-0.2, 0) is 17.6 Å². The predicted molar refractivity (Wildman–Crippen MR) is 122 cm³/mol. The Morgan fingerprint density at radius 3 is 2.80 bits per heavy atom. The second-order valence-electron chi connectivity index (χ2n) is 8.68. The molecule has 1 unspecified atom stereocenters. The number of carbonyl (C=O) groups is 1. The standard InChI is InChI=1S/C25H34N4O/c1-19(30)24(20-9-4-2-5-10-20)29-17-23(18-29)26-15-7-3-6-12-22-14-13-21-11-8-16-27-25(21)28-22/h2,4-5,9-10,13-14,23-24,26H,3,6-8,11-12,15-18H2,1H3,(H,27,28). The van der Waals surface area contributed by atoms with E-state index >= 15 is 0 Å². The van der Waals surface area contributed by atoms with Crippen LogP contribution in [0, 0.1) is 0 Å². The van der Waals surface area contributed by atoms with Crippen LogP contribution in [0.3, 0.4) is 0 Å². The lowest BCUT2D eigenvalue weighted by molar-refractivity contribution is -0.124. The van der Waals surface area contributed by atoms with Crippen molar-refractivity contribution in [2.45, 2.75) is 57.5 Å². The summed E-state index contributed by atoms with van der Waals surface area (Å²) in [4.78, 5) is 19.2. The fourth-order valence-electron chi connectivity index (χ4n) is 4.61. The lowest BCUT2D eigenvalue weighted by Gasteiger charge is -2.44. The van der Waals surface area contributed by atoms with Crippen molar-refractivity contribution in [2.24, 2.45) is 0 Å². The van der Waals surface area contributed by atoms with Gasteiger partial charge < -0.3 is 10.6 Å². The summed E-state index contributed by atoms with van der Waals surface area (Å²) in [7, 11) is 0. The highest BCUT2D eigenvalue weighted by atomic mass is 16.1. The molecule has 2 aliphatic rings. The summed E-state index contributed by atoms with van der Waals surface area (Å²) in [5, 5.41) is 7.08. The van der Waals surface area contributed by atoms with Gasteiger partial charge in [0.25, 0.3) is 0 Å². The number of aromatic nitrogens is 1. The molecule has 3 heterocycles. The first-order valence-corrected chi connectivity index (χ1v) is 11.5. The Morgan fingerprint density at radius 2 is 2.00 bits per heavy atom. The molecule has 2 aliphatic heterocycles. The highest BCUT2D eigenvalue weighted by molar-refractivity contribution is 5.83. The van der Waals surface area contributed by atoms with Crippen molar-refractivity contribution in [3.8, 4) is 0 Å². The normalized spacial score (nSPS) is 17.6. The van der Waals surface area contributed by atoms with E-state index in [9.17, 15) is 4.79 Å². The SMILES string of the molecule is CC(=O)C(c1ccccc1)N1CC(NCCCCCc2ccc3c(n2)NCCC3)C1. The maximum atomic E-state index is 12.1. The van der Waals surface area contributed by atoms with Gasteiger partial charge in [0, 0.05) is 31.4 Å².